The molecule has 0 saturated heterocycles. The predicted molar refractivity (Wildman–Crippen MR) is 70.6 cm³/mol. The Hall–Kier alpha value is -0.830. The van der Waals surface area contributed by atoms with Crippen LogP contribution in [-0.2, 0) is 13.5 Å². The molecule has 0 radical (unpaired) electrons. The van der Waals surface area contributed by atoms with Crippen molar-refractivity contribution in [3.05, 3.63) is 18.2 Å². The number of nitrogens with two attached hydrogens (primary N) is 1. The molecule has 3 nitrogen and oxygen atoms in total. The van der Waals surface area contributed by atoms with E-state index in [2.05, 4.69) is 30.4 Å². The molecule has 0 bridgehead atoms. The quantitative estimate of drug-likeness (QED) is 0.875. The lowest BCUT2D eigenvalue weighted by Crippen LogP contribution is -2.39. The minimum atomic E-state index is 0.392. The smallest absolute Gasteiger partial charge is 0.108 e. The summed E-state index contributed by atoms with van der Waals surface area (Å²) in [6.07, 6.45) is 9.83. The van der Waals surface area contributed by atoms with Gasteiger partial charge in [-0.25, -0.2) is 4.98 Å². The highest BCUT2D eigenvalue weighted by Crippen LogP contribution is 2.39. The Morgan fingerprint density at radius 1 is 1.53 bits per heavy atom. The molecule has 0 spiro atoms. The summed E-state index contributed by atoms with van der Waals surface area (Å²) in [5, 5.41) is 0. The topological polar surface area (TPSA) is 43.8 Å². The van der Waals surface area contributed by atoms with Gasteiger partial charge < -0.3 is 10.3 Å². The Kier molecular flexibility index (Phi) is 3.57. The molecule has 2 N–H and O–H groups in total. The third kappa shape index (κ3) is 3.09. The maximum atomic E-state index is 6.25. The molecule has 1 aliphatic rings. The molecule has 1 saturated carbocycles. The Morgan fingerprint density at radius 2 is 2.29 bits per heavy atom. The van der Waals surface area contributed by atoms with Gasteiger partial charge in [-0.1, -0.05) is 13.8 Å². The number of rotatable bonds is 3. The van der Waals surface area contributed by atoms with Crippen LogP contribution in [0.5, 0.6) is 0 Å². The molecular formula is C14H25N3. The summed E-state index contributed by atoms with van der Waals surface area (Å²) < 4.78 is 2.11. The zero-order valence-electron chi connectivity index (χ0n) is 11.3. The molecule has 1 heterocycles. The molecule has 2 atom stereocenters. The van der Waals surface area contributed by atoms with Crippen molar-refractivity contribution in [1.29, 1.82) is 0 Å². The molecule has 0 amide bonds. The molecule has 1 fully saturated rings. The third-order valence-corrected chi connectivity index (χ3v) is 4.23. The summed E-state index contributed by atoms with van der Waals surface area (Å²) in [5.74, 6) is 1.84. The highest BCUT2D eigenvalue weighted by molar-refractivity contribution is 4.94. The average Bonchev–Trinajstić information content (AvgIpc) is 2.66. The maximum Gasteiger partial charge on any atom is 0.108 e. The second-order valence-electron chi connectivity index (χ2n) is 6.32. The van der Waals surface area contributed by atoms with E-state index in [0.717, 1.165) is 6.42 Å². The molecule has 2 unspecified atom stereocenters. The summed E-state index contributed by atoms with van der Waals surface area (Å²) in [7, 11) is 2.06. The van der Waals surface area contributed by atoms with Crippen molar-refractivity contribution >= 4 is 0 Å². The molecule has 2 rings (SSSR count). The summed E-state index contributed by atoms with van der Waals surface area (Å²) in [5.41, 5.74) is 6.72. The van der Waals surface area contributed by atoms with E-state index in [-0.39, 0.29) is 0 Å². The number of aromatic nitrogens is 2. The van der Waals surface area contributed by atoms with Crippen molar-refractivity contribution < 1.29 is 0 Å². The van der Waals surface area contributed by atoms with Gasteiger partial charge >= 0.3 is 0 Å². The van der Waals surface area contributed by atoms with Gasteiger partial charge in [-0.15, -0.1) is 0 Å². The van der Waals surface area contributed by atoms with Crippen molar-refractivity contribution in [1.82, 2.24) is 9.55 Å². The molecular weight excluding hydrogens is 210 g/mol. The first-order chi connectivity index (χ1) is 7.98. The second kappa shape index (κ2) is 4.81. The lowest BCUT2D eigenvalue weighted by molar-refractivity contribution is 0.150. The fourth-order valence-corrected chi connectivity index (χ4v) is 3.02. The van der Waals surface area contributed by atoms with Gasteiger partial charge in [0.15, 0.2) is 0 Å². The summed E-state index contributed by atoms with van der Waals surface area (Å²) in [6, 6.07) is 0.392. The zero-order chi connectivity index (χ0) is 12.5. The van der Waals surface area contributed by atoms with Crippen LogP contribution < -0.4 is 5.73 Å². The van der Waals surface area contributed by atoms with Crippen molar-refractivity contribution in [2.75, 3.05) is 0 Å². The number of imidazole rings is 1. The Bertz CT molecular complexity index is 367. The minimum Gasteiger partial charge on any atom is -0.338 e. The van der Waals surface area contributed by atoms with Crippen LogP contribution >= 0.6 is 0 Å². The number of hydrogen-bond donors (Lipinski definition) is 1. The van der Waals surface area contributed by atoms with Gasteiger partial charge in [0.1, 0.15) is 5.82 Å². The fraction of sp³-hybridized carbons (Fsp3) is 0.786. The van der Waals surface area contributed by atoms with Crippen molar-refractivity contribution in [2.45, 2.75) is 52.0 Å². The molecule has 1 aromatic rings. The molecule has 1 aliphatic carbocycles. The monoisotopic (exact) mass is 235 g/mol. The Morgan fingerprint density at radius 3 is 2.94 bits per heavy atom. The van der Waals surface area contributed by atoms with Crippen LogP contribution in [0.2, 0.25) is 0 Å². The molecule has 3 heteroatoms. The van der Waals surface area contributed by atoms with Crippen LogP contribution in [0.4, 0.5) is 0 Å². The third-order valence-electron chi connectivity index (χ3n) is 4.23. The minimum absolute atomic E-state index is 0.392. The largest absolute Gasteiger partial charge is 0.338 e. The van der Waals surface area contributed by atoms with E-state index >= 15 is 0 Å². The van der Waals surface area contributed by atoms with Crippen molar-refractivity contribution in [3.8, 4) is 0 Å². The van der Waals surface area contributed by atoms with Gasteiger partial charge in [-0.2, -0.15) is 0 Å². The van der Waals surface area contributed by atoms with E-state index in [1.807, 2.05) is 12.4 Å². The van der Waals surface area contributed by atoms with Gasteiger partial charge in [0.25, 0.3) is 0 Å². The van der Waals surface area contributed by atoms with Crippen molar-refractivity contribution in [2.24, 2.45) is 24.1 Å². The van der Waals surface area contributed by atoms with Crippen molar-refractivity contribution in [3.63, 3.8) is 0 Å². The van der Waals surface area contributed by atoms with E-state index < -0.39 is 0 Å². The van der Waals surface area contributed by atoms with Gasteiger partial charge in [0, 0.05) is 31.9 Å². The SMILES string of the molecule is Cn1ccnc1CCC1CC(C)(C)CCC1N. The number of aryl methyl sites for hydroxylation is 2. The zero-order valence-corrected chi connectivity index (χ0v) is 11.3. The summed E-state index contributed by atoms with van der Waals surface area (Å²) >= 11 is 0. The van der Waals surface area contributed by atoms with Gasteiger partial charge in [0.2, 0.25) is 0 Å². The lowest BCUT2D eigenvalue weighted by atomic mass is 9.69. The van der Waals surface area contributed by atoms with Crippen LogP contribution in [0, 0.1) is 11.3 Å². The van der Waals surface area contributed by atoms with E-state index in [4.69, 9.17) is 5.73 Å². The Labute approximate surface area is 104 Å². The first kappa shape index (κ1) is 12.6. The lowest BCUT2D eigenvalue weighted by Gasteiger charge is -2.39. The summed E-state index contributed by atoms with van der Waals surface area (Å²) in [6.45, 7) is 4.74. The highest BCUT2D eigenvalue weighted by atomic mass is 15.0. The standard InChI is InChI=1S/C14H25N3/c1-14(2)7-6-12(15)11(10-14)4-5-13-16-8-9-17(13)3/h8-9,11-12H,4-7,10,15H2,1-3H3. The fourth-order valence-electron chi connectivity index (χ4n) is 3.02. The van der Waals surface area contributed by atoms with E-state index in [1.54, 1.807) is 0 Å². The van der Waals surface area contributed by atoms with Gasteiger partial charge in [-0.05, 0) is 37.0 Å². The molecule has 1 aromatic heterocycles. The number of hydrogen-bond acceptors (Lipinski definition) is 2. The normalized spacial score (nSPS) is 28.2. The summed E-state index contributed by atoms with van der Waals surface area (Å²) in [4.78, 5) is 4.38. The first-order valence-electron chi connectivity index (χ1n) is 6.70. The van der Waals surface area contributed by atoms with Gasteiger partial charge in [0.05, 0.1) is 0 Å². The molecule has 17 heavy (non-hydrogen) atoms. The van der Waals surface area contributed by atoms with E-state index in [1.165, 1.54) is 31.5 Å². The predicted octanol–water partition coefficient (Wildman–Crippen LogP) is 2.51. The highest BCUT2D eigenvalue weighted by Gasteiger charge is 2.32. The van der Waals surface area contributed by atoms with Gasteiger partial charge in [-0.3, -0.25) is 0 Å². The van der Waals surface area contributed by atoms with E-state index in [0.29, 0.717) is 17.4 Å². The number of nitrogens with zero attached hydrogens (tertiary/aromatic N) is 2. The van der Waals surface area contributed by atoms with Crippen LogP contribution in [0.15, 0.2) is 12.4 Å². The molecule has 96 valence electrons. The Balaban J connectivity index is 1.91. The van der Waals surface area contributed by atoms with E-state index in [9.17, 15) is 0 Å². The van der Waals surface area contributed by atoms with Crippen LogP contribution in [-0.4, -0.2) is 15.6 Å². The maximum absolute atomic E-state index is 6.25. The average molecular weight is 235 g/mol. The molecule has 0 aliphatic heterocycles. The van der Waals surface area contributed by atoms with Crippen LogP contribution in [0.1, 0.15) is 45.4 Å². The van der Waals surface area contributed by atoms with Crippen LogP contribution in [0.3, 0.4) is 0 Å². The second-order valence-corrected chi connectivity index (χ2v) is 6.32. The first-order valence-corrected chi connectivity index (χ1v) is 6.70. The molecule has 0 aromatic carbocycles. The van der Waals surface area contributed by atoms with Crippen LogP contribution in [0.25, 0.3) is 0 Å².